The standard InChI is InChI=1S/C14H19N3O4/c1-2-14(6-3-7-15-9-14)13(19)16-11-8-10(17(20)21)4-5-12(11)18/h4-5,8,15,18H,2-3,6-7,9H2,1H3,(H,16,19). The number of aromatic hydroxyl groups is 1. The molecule has 1 aliphatic rings. The Hall–Kier alpha value is -2.15. The van der Waals surface area contributed by atoms with Crippen LogP contribution in [0.15, 0.2) is 18.2 Å². The fourth-order valence-electron chi connectivity index (χ4n) is 2.62. The number of piperidine rings is 1. The van der Waals surface area contributed by atoms with Crippen molar-refractivity contribution >= 4 is 17.3 Å². The minimum atomic E-state index is -0.563. The van der Waals surface area contributed by atoms with Gasteiger partial charge in [0.1, 0.15) is 5.75 Å². The zero-order valence-electron chi connectivity index (χ0n) is 11.9. The number of nitrogens with one attached hydrogen (secondary N) is 2. The Kier molecular flexibility index (Phi) is 4.42. The summed E-state index contributed by atoms with van der Waals surface area (Å²) in [5.41, 5.74) is -0.627. The molecular weight excluding hydrogens is 274 g/mol. The van der Waals surface area contributed by atoms with E-state index in [1.54, 1.807) is 0 Å². The number of non-ortho nitro benzene ring substituents is 1. The summed E-state index contributed by atoms with van der Waals surface area (Å²) in [6.07, 6.45) is 2.34. The highest BCUT2D eigenvalue weighted by Crippen LogP contribution is 2.34. The van der Waals surface area contributed by atoms with Gasteiger partial charge < -0.3 is 15.7 Å². The number of rotatable bonds is 4. The van der Waals surface area contributed by atoms with Crippen LogP contribution in [-0.4, -0.2) is 29.0 Å². The van der Waals surface area contributed by atoms with Crippen LogP contribution in [0, 0.1) is 15.5 Å². The summed E-state index contributed by atoms with van der Waals surface area (Å²) in [5.74, 6) is -0.392. The van der Waals surface area contributed by atoms with Crippen LogP contribution in [0.5, 0.6) is 5.75 Å². The smallest absolute Gasteiger partial charge is 0.271 e. The van der Waals surface area contributed by atoms with E-state index >= 15 is 0 Å². The second kappa shape index (κ2) is 6.09. The van der Waals surface area contributed by atoms with Crippen molar-refractivity contribution in [1.82, 2.24) is 5.32 Å². The Morgan fingerprint density at radius 3 is 2.90 bits per heavy atom. The summed E-state index contributed by atoms with van der Waals surface area (Å²) in [5, 5.41) is 26.4. The van der Waals surface area contributed by atoms with Gasteiger partial charge in [-0.1, -0.05) is 6.92 Å². The average Bonchev–Trinajstić information content (AvgIpc) is 2.49. The van der Waals surface area contributed by atoms with E-state index in [1.807, 2.05) is 6.92 Å². The molecule has 0 radical (unpaired) electrons. The number of hydrogen-bond acceptors (Lipinski definition) is 5. The Morgan fingerprint density at radius 2 is 2.33 bits per heavy atom. The number of phenolic OH excluding ortho intramolecular Hbond substituents is 1. The quantitative estimate of drug-likeness (QED) is 0.447. The molecule has 1 aromatic rings. The largest absolute Gasteiger partial charge is 0.506 e. The second-order valence-electron chi connectivity index (χ2n) is 5.33. The molecule has 0 bridgehead atoms. The summed E-state index contributed by atoms with van der Waals surface area (Å²) in [4.78, 5) is 22.7. The van der Waals surface area contributed by atoms with Crippen LogP contribution in [0.2, 0.25) is 0 Å². The number of phenols is 1. The predicted molar refractivity (Wildman–Crippen MR) is 78.2 cm³/mol. The van der Waals surface area contributed by atoms with Gasteiger partial charge in [-0.2, -0.15) is 0 Å². The van der Waals surface area contributed by atoms with Crippen molar-refractivity contribution in [3.8, 4) is 5.75 Å². The Bertz CT molecular complexity index is 553. The van der Waals surface area contributed by atoms with Crippen molar-refractivity contribution in [1.29, 1.82) is 0 Å². The third-order valence-electron chi connectivity index (χ3n) is 4.07. The first-order valence-corrected chi connectivity index (χ1v) is 6.98. The van der Waals surface area contributed by atoms with Crippen LogP contribution in [0.1, 0.15) is 26.2 Å². The fraction of sp³-hybridized carbons (Fsp3) is 0.500. The molecule has 0 aliphatic carbocycles. The SMILES string of the molecule is CCC1(C(=O)Nc2cc([N+](=O)[O-])ccc2O)CCCNC1. The normalized spacial score (nSPS) is 21.8. The number of nitro groups is 1. The van der Waals surface area contributed by atoms with Gasteiger partial charge in [0.05, 0.1) is 16.0 Å². The first-order valence-electron chi connectivity index (χ1n) is 6.98. The maximum Gasteiger partial charge on any atom is 0.271 e. The van der Waals surface area contributed by atoms with Crippen molar-refractivity contribution in [2.75, 3.05) is 18.4 Å². The molecule has 1 fully saturated rings. The van der Waals surface area contributed by atoms with Crippen LogP contribution in [-0.2, 0) is 4.79 Å². The molecule has 1 aliphatic heterocycles. The van der Waals surface area contributed by atoms with E-state index in [9.17, 15) is 20.0 Å². The molecule has 2 rings (SSSR count). The van der Waals surface area contributed by atoms with Crippen LogP contribution >= 0.6 is 0 Å². The maximum atomic E-state index is 12.5. The molecule has 1 heterocycles. The van der Waals surface area contributed by atoms with E-state index in [0.29, 0.717) is 13.0 Å². The van der Waals surface area contributed by atoms with Gasteiger partial charge in [-0.3, -0.25) is 14.9 Å². The average molecular weight is 293 g/mol. The van der Waals surface area contributed by atoms with Crippen LogP contribution in [0.3, 0.4) is 0 Å². The molecule has 0 saturated carbocycles. The number of amides is 1. The molecule has 1 unspecified atom stereocenters. The van der Waals surface area contributed by atoms with E-state index < -0.39 is 10.3 Å². The first kappa shape index (κ1) is 15.2. The number of carbonyl (C=O) groups is 1. The number of carbonyl (C=O) groups excluding carboxylic acids is 1. The molecule has 1 aromatic carbocycles. The van der Waals surface area contributed by atoms with Crippen molar-refractivity contribution < 1.29 is 14.8 Å². The van der Waals surface area contributed by atoms with Gasteiger partial charge in [0.25, 0.3) is 5.69 Å². The molecule has 7 heteroatoms. The lowest BCUT2D eigenvalue weighted by Gasteiger charge is -2.35. The third kappa shape index (κ3) is 3.13. The lowest BCUT2D eigenvalue weighted by molar-refractivity contribution is -0.384. The molecule has 114 valence electrons. The van der Waals surface area contributed by atoms with Crippen molar-refractivity contribution in [2.45, 2.75) is 26.2 Å². The molecule has 21 heavy (non-hydrogen) atoms. The van der Waals surface area contributed by atoms with E-state index in [4.69, 9.17) is 0 Å². The maximum absolute atomic E-state index is 12.5. The van der Waals surface area contributed by atoms with Crippen molar-refractivity contribution in [3.63, 3.8) is 0 Å². The summed E-state index contributed by atoms with van der Waals surface area (Å²) >= 11 is 0. The lowest BCUT2D eigenvalue weighted by Crippen LogP contribution is -2.47. The minimum absolute atomic E-state index is 0.0765. The molecule has 3 N–H and O–H groups in total. The Balaban J connectivity index is 2.22. The van der Waals surface area contributed by atoms with Gasteiger partial charge in [-0.25, -0.2) is 0 Å². The summed E-state index contributed by atoms with van der Waals surface area (Å²) in [6.45, 7) is 3.40. The first-order chi connectivity index (χ1) is 9.98. The molecule has 0 spiro atoms. The summed E-state index contributed by atoms with van der Waals surface area (Å²) in [7, 11) is 0. The van der Waals surface area contributed by atoms with Gasteiger partial charge in [0, 0.05) is 18.7 Å². The number of anilines is 1. The van der Waals surface area contributed by atoms with E-state index in [0.717, 1.165) is 19.4 Å². The van der Waals surface area contributed by atoms with Gasteiger partial charge >= 0.3 is 0 Å². The fourth-order valence-corrected chi connectivity index (χ4v) is 2.62. The van der Waals surface area contributed by atoms with E-state index in [-0.39, 0.29) is 23.0 Å². The van der Waals surface area contributed by atoms with Crippen molar-refractivity contribution in [2.24, 2.45) is 5.41 Å². The Labute approximate surface area is 122 Å². The monoisotopic (exact) mass is 293 g/mol. The van der Waals surface area contributed by atoms with Gasteiger partial charge in [-0.15, -0.1) is 0 Å². The molecule has 0 aromatic heterocycles. The van der Waals surface area contributed by atoms with Crippen LogP contribution in [0.4, 0.5) is 11.4 Å². The molecule has 1 atom stereocenters. The Morgan fingerprint density at radius 1 is 1.57 bits per heavy atom. The second-order valence-corrected chi connectivity index (χ2v) is 5.33. The number of hydrogen-bond donors (Lipinski definition) is 3. The van der Waals surface area contributed by atoms with Gasteiger partial charge in [0.15, 0.2) is 0 Å². The highest BCUT2D eigenvalue weighted by molar-refractivity contribution is 5.97. The number of nitrogens with zero attached hydrogens (tertiary/aromatic N) is 1. The molecule has 7 nitrogen and oxygen atoms in total. The van der Waals surface area contributed by atoms with E-state index in [2.05, 4.69) is 10.6 Å². The number of nitro benzene ring substituents is 1. The lowest BCUT2D eigenvalue weighted by atomic mass is 9.77. The van der Waals surface area contributed by atoms with Crippen molar-refractivity contribution in [3.05, 3.63) is 28.3 Å². The molecule has 1 saturated heterocycles. The number of benzene rings is 1. The highest BCUT2D eigenvalue weighted by Gasteiger charge is 2.38. The molecular formula is C14H19N3O4. The van der Waals surface area contributed by atoms with Gasteiger partial charge in [-0.05, 0) is 31.9 Å². The van der Waals surface area contributed by atoms with Gasteiger partial charge in [0.2, 0.25) is 5.91 Å². The van der Waals surface area contributed by atoms with Crippen LogP contribution in [0.25, 0.3) is 0 Å². The summed E-state index contributed by atoms with van der Waals surface area (Å²) < 4.78 is 0. The molecule has 1 amide bonds. The highest BCUT2D eigenvalue weighted by atomic mass is 16.6. The summed E-state index contributed by atoms with van der Waals surface area (Å²) in [6, 6.07) is 3.58. The zero-order valence-corrected chi connectivity index (χ0v) is 11.9. The topological polar surface area (TPSA) is 104 Å². The predicted octanol–water partition coefficient (Wildman–Crippen LogP) is 2.02. The van der Waals surface area contributed by atoms with Crippen LogP contribution < -0.4 is 10.6 Å². The third-order valence-corrected chi connectivity index (χ3v) is 4.07. The zero-order chi connectivity index (χ0) is 15.5. The van der Waals surface area contributed by atoms with E-state index in [1.165, 1.54) is 18.2 Å². The minimum Gasteiger partial charge on any atom is -0.506 e.